The van der Waals surface area contributed by atoms with E-state index >= 15 is 0 Å². The highest BCUT2D eigenvalue weighted by Gasteiger charge is 2.20. The van der Waals surface area contributed by atoms with Gasteiger partial charge in [-0.05, 0) is 23.6 Å². The van der Waals surface area contributed by atoms with E-state index in [1.807, 2.05) is 17.5 Å². The number of nitro groups is 1. The molecule has 0 aliphatic rings. The van der Waals surface area contributed by atoms with Crippen molar-refractivity contribution in [1.82, 2.24) is 4.90 Å². The molecule has 8 nitrogen and oxygen atoms in total. The van der Waals surface area contributed by atoms with Gasteiger partial charge < -0.3 is 15.0 Å². The highest BCUT2D eigenvalue weighted by molar-refractivity contribution is 7.09. The summed E-state index contributed by atoms with van der Waals surface area (Å²) in [4.78, 5) is 37.5. The zero-order chi connectivity index (χ0) is 19.8. The number of nitro benzene ring substituents is 1. The number of ether oxygens (including phenoxy) is 1. The number of nitrogens with one attached hydrogen (secondary N) is 1. The standard InChI is InChI=1S/C18H19N3O5S/c1-3-8-20(11-14-5-4-9-27-14)17(22)12-26-18(23)13-6-7-15(19-2)16(10-13)21(24)25/h3-7,9-10,19H,1,8,11-12H2,2H3. The van der Waals surface area contributed by atoms with Gasteiger partial charge >= 0.3 is 5.97 Å². The van der Waals surface area contributed by atoms with Gasteiger partial charge in [0, 0.05) is 24.5 Å². The van der Waals surface area contributed by atoms with E-state index in [1.54, 1.807) is 13.1 Å². The average Bonchev–Trinajstić information content (AvgIpc) is 3.18. The van der Waals surface area contributed by atoms with Crippen LogP contribution in [0.5, 0.6) is 0 Å². The highest BCUT2D eigenvalue weighted by atomic mass is 32.1. The van der Waals surface area contributed by atoms with Crippen LogP contribution < -0.4 is 5.32 Å². The van der Waals surface area contributed by atoms with Crippen molar-refractivity contribution in [2.75, 3.05) is 25.5 Å². The maximum absolute atomic E-state index is 12.4. The van der Waals surface area contributed by atoms with E-state index in [1.165, 1.54) is 28.4 Å². The molecule has 0 bridgehead atoms. The van der Waals surface area contributed by atoms with E-state index in [4.69, 9.17) is 4.74 Å². The summed E-state index contributed by atoms with van der Waals surface area (Å²) in [7, 11) is 1.54. The van der Waals surface area contributed by atoms with Crippen molar-refractivity contribution in [3.05, 3.63) is 68.9 Å². The second kappa shape index (κ2) is 9.48. The smallest absolute Gasteiger partial charge is 0.338 e. The first kappa shape index (κ1) is 20.1. The molecular formula is C18H19N3O5S. The Hall–Kier alpha value is -3.20. The van der Waals surface area contributed by atoms with E-state index in [0.717, 1.165) is 10.9 Å². The Morgan fingerprint density at radius 1 is 1.41 bits per heavy atom. The number of hydrogen-bond donors (Lipinski definition) is 1. The summed E-state index contributed by atoms with van der Waals surface area (Å²) in [5.74, 6) is -1.18. The van der Waals surface area contributed by atoms with Crippen LogP contribution in [-0.2, 0) is 16.1 Å². The fraction of sp³-hybridized carbons (Fsp3) is 0.222. The molecule has 1 N–H and O–H groups in total. The average molecular weight is 389 g/mol. The normalized spacial score (nSPS) is 10.1. The molecule has 0 aliphatic carbocycles. The molecule has 0 fully saturated rings. The quantitative estimate of drug-likeness (QED) is 0.306. The van der Waals surface area contributed by atoms with Crippen molar-refractivity contribution < 1.29 is 19.2 Å². The number of benzene rings is 1. The van der Waals surface area contributed by atoms with E-state index in [-0.39, 0.29) is 22.8 Å². The fourth-order valence-corrected chi connectivity index (χ4v) is 3.04. The second-order valence-corrected chi connectivity index (χ2v) is 6.49. The molecular weight excluding hydrogens is 370 g/mol. The third kappa shape index (κ3) is 5.38. The summed E-state index contributed by atoms with van der Waals surface area (Å²) in [6.07, 6.45) is 1.59. The molecule has 0 unspecified atom stereocenters. The van der Waals surface area contributed by atoms with Gasteiger partial charge in [0.25, 0.3) is 11.6 Å². The Bertz CT molecular complexity index is 836. The van der Waals surface area contributed by atoms with Gasteiger partial charge in [0.15, 0.2) is 6.61 Å². The Balaban J connectivity index is 2.02. The molecule has 27 heavy (non-hydrogen) atoms. The first-order chi connectivity index (χ1) is 13.0. The first-order valence-corrected chi connectivity index (χ1v) is 8.88. The Labute approximate surface area is 160 Å². The number of nitrogens with zero attached hydrogens (tertiary/aromatic N) is 2. The van der Waals surface area contributed by atoms with E-state index in [0.29, 0.717) is 13.1 Å². The monoisotopic (exact) mass is 389 g/mol. The zero-order valence-electron chi connectivity index (χ0n) is 14.7. The fourth-order valence-electron chi connectivity index (χ4n) is 2.32. The van der Waals surface area contributed by atoms with Gasteiger partial charge in [-0.15, -0.1) is 17.9 Å². The molecule has 2 aromatic rings. The third-order valence-corrected chi connectivity index (χ3v) is 4.52. The number of hydrogen-bond acceptors (Lipinski definition) is 7. The van der Waals surface area contributed by atoms with Crippen molar-refractivity contribution in [1.29, 1.82) is 0 Å². The van der Waals surface area contributed by atoms with Crippen LogP contribution in [0, 0.1) is 10.1 Å². The molecule has 0 radical (unpaired) electrons. The molecule has 1 aromatic carbocycles. The number of anilines is 1. The molecule has 1 aromatic heterocycles. The summed E-state index contributed by atoms with van der Waals surface area (Å²) < 4.78 is 5.04. The van der Waals surface area contributed by atoms with Gasteiger partial charge in [-0.3, -0.25) is 14.9 Å². The molecule has 0 spiro atoms. The highest BCUT2D eigenvalue weighted by Crippen LogP contribution is 2.25. The number of carbonyl (C=O) groups is 2. The van der Waals surface area contributed by atoms with Crippen LogP contribution >= 0.6 is 11.3 Å². The van der Waals surface area contributed by atoms with Gasteiger partial charge in [0.1, 0.15) is 5.69 Å². The molecule has 0 saturated heterocycles. The molecule has 142 valence electrons. The van der Waals surface area contributed by atoms with Crippen LogP contribution in [-0.4, -0.2) is 41.9 Å². The number of carbonyl (C=O) groups excluding carboxylic acids is 2. The van der Waals surface area contributed by atoms with Crippen molar-refractivity contribution in [3.8, 4) is 0 Å². The molecule has 2 rings (SSSR count). The predicted molar refractivity (Wildman–Crippen MR) is 103 cm³/mol. The van der Waals surface area contributed by atoms with Gasteiger partial charge in [0.2, 0.25) is 0 Å². The maximum Gasteiger partial charge on any atom is 0.338 e. The zero-order valence-corrected chi connectivity index (χ0v) is 15.5. The van der Waals surface area contributed by atoms with Crippen molar-refractivity contribution in [3.63, 3.8) is 0 Å². The number of amides is 1. The van der Waals surface area contributed by atoms with Crippen molar-refractivity contribution >= 4 is 34.6 Å². The van der Waals surface area contributed by atoms with Crippen LogP contribution in [0.1, 0.15) is 15.2 Å². The van der Waals surface area contributed by atoms with E-state index in [2.05, 4.69) is 11.9 Å². The molecule has 0 atom stereocenters. The number of rotatable bonds is 9. The molecule has 0 saturated carbocycles. The molecule has 0 aliphatic heterocycles. The topological polar surface area (TPSA) is 102 Å². The minimum Gasteiger partial charge on any atom is -0.452 e. The van der Waals surface area contributed by atoms with Gasteiger partial charge in [-0.1, -0.05) is 12.1 Å². The predicted octanol–water partition coefficient (Wildman–Crippen LogP) is 3.07. The summed E-state index contributed by atoms with van der Waals surface area (Å²) in [6.45, 7) is 3.88. The van der Waals surface area contributed by atoms with Crippen molar-refractivity contribution in [2.45, 2.75) is 6.54 Å². The molecule has 1 heterocycles. The maximum atomic E-state index is 12.4. The third-order valence-electron chi connectivity index (χ3n) is 3.66. The van der Waals surface area contributed by atoms with E-state index < -0.39 is 17.5 Å². The SMILES string of the molecule is C=CCN(Cc1cccs1)C(=O)COC(=O)c1ccc(NC)c([N+](=O)[O-])c1. The second-order valence-electron chi connectivity index (χ2n) is 5.46. The minimum atomic E-state index is -0.802. The lowest BCUT2D eigenvalue weighted by Gasteiger charge is -2.20. The van der Waals surface area contributed by atoms with Gasteiger partial charge in [0.05, 0.1) is 17.0 Å². The Morgan fingerprint density at radius 2 is 2.19 bits per heavy atom. The number of esters is 1. The van der Waals surface area contributed by atoms with E-state index in [9.17, 15) is 19.7 Å². The minimum absolute atomic E-state index is 0.00188. The van der Waals surface area contributed by atoms with Gasteiger partial charge in [-0.25, -0.2) is 4.79 Å². The summed E-state index contributed by atoms with van der Waals surface area (Å²) >= 11 is 1.52. The van der Waals surface area contributed by atoms with Crippen LogP contribution in [0.15, 0.2) is 48.4 Å². The first-order valence-electron chi connectivity index (χ1n) is 8.00. The molecule has 1 amide bonds. The molecule has 9 heteroatoms. The van der Waals surface area contributed by atoms with Crippen LogP contribution in [0.2, 0.25) is 0 Å². The lowest BCUT2D eigenvalue weighted by molar-refractivity contribution is -0.384. The lowest BCUT2D eigenvalue weighted by Crippen LogP contribution is -2.34. The van der Waals surface area contributed by atoms with Crippen molar-refractivity contribution in [2.24, 2.45) is 0 Å². The Kier molecular flexibility index (Phi) is 7.07. The Morgan fingerprint density at radius 3 is 2.78 bits per heavy atom. The largest absolute Gasteiger partial charge is 0.452 e. The van der Waals surface area contributed by atoms with Crippen LogP contribution in [0.4, 0.5) is 11.4 Å². The summed E-state index contributed by atoms with van der Waals surface area (Å²) in [5.41, 5.74) is 0.0343. The lowest BCUT2D eigenvalue weighted by atomic mass is 10.1. The van der Waals surface area contributed by atoms with Crippen LogP contribution in [0.25, 0.3) is 0 Å². The summed E-state index contributed by atoms with van der Waals surface area (Å²) in [6, 6.07) is 7.72. The summed E-state index contributed by atoms with van der Waals surface area (Å²) in [5, 5.41) is 15.7. The van der Waals surface area contributed by atoms with Gasteiger partial charge in [-0.2, -0.15) is 0 Å². The van der Waals surface area contributed by atoms with Crippen LogP contribution in [0.3, 0.4) is 0 Å². The number of thiophene rings is 1.